The second-order valence-corrected chi connectivity index (χ2v) is 11.0. The number of methoxy groups -OCH3 is 1. The molecule has 9 nitrogen and oxygen atoms in total. The number of halogens is 5. The predicted molar refractivity (Wildman–Crippen MR) is 141 cm³/mol. The van der Waals surface area contributed by atoms with Crippen LogP contribution in [0.5, 0.6) is 11.5 Å². The molecule has 1 fully saturated rings. The fourth-order valence-corrected chi connectivity index (χ4v) is 4.01. The lowest BCUT2D eigenvalue weighted by molar-refractivity contribution is -0.141. The van der Waals surface area contributed by atoms with Gasteiger partial charge in [-0.25, -0.2) is 24.3 Å². The summed E-state index contributed by atoms with van der Waals surface area (Å²) in [5.41, 5.74) is 4.23. The number of nitrogens with one attached hydrogen (secondary N) is 1. The van der Waals surface area contributed by atoms with Gasteiger partial charge in [0.2, 0.25) is 0 Å². The molecule has 0 radical (unpaired) electrons. The quantitative estimate of drug-likeness (QED) is 0.164. The summed E-state index contributed by atoms with van der Waals surface area (Å²) in [6.45, 7) is 5.86. The number of benzene rings is 1. The molecule has 2 aromatic heterocycles. The van der Waals surface area contributed by atoms with Crippen LogP contribution in [-0.2, 0) is 10.9 Å². The lowest BCUT2D eigenvalue weighted by Gasteiger charge is -2.20. The van der Waals surface area contributed by atoms with Crippen molar-refractivity contribution in [3.63, 3.8) is 0 Å². The molecule has 1 aromatic carbocycles. The molecule has 2 atom stereocenters. The first-order valence-electron chi connectivity index (χ1n) is 11.7. The van der Waals surface area contributed by atoms with E-state index in [-0.39, 0.29) is 55.2 Å². The van der Waals surface area contributed by atoms with Gasteiger partial charge in [-0.2, -0.15) is 13.2 Å². The Morgan fingerprint density at radius 2 is 1.84 bits per heavy atom. The van der Waals surface area contributed by atoms with E-state index in [1.807, 2.05) is 6.92 Å². The number of anilines is 2. The van der Waals surface area contributed by atoms with Gasteiger partial charge in [0.25, 0.3) is 0 Å². The number of hydrogen-bond donors (Lipinski definition) is 2. The van der Waals surface area contributed by atoms with Crippen LogP contribution in [0.4, 0.5) is 29.2 Å². The van der Waals surface area contributed by atoms with Crippen LogP contribution < -0.4 is 20.5 Å². The van der Waals surface area contributed by atoms with Crippen molar-refractivity contribution < 1.29 is 31.8 Å². The Bertz CT molecular complexity index is 1340. The topological polar surface area (TPSA) is 117 Å². The van der Waals surface area contributed by atoms with Gasteiger partial charge in [0.1, 0.15) is 32.8 Å². The van der Waals surface area contributed by atoms with Crippen LogP contribution in [0.1, 0.15) is 50.1 Å². The maximum atomic E-state index is 15.6. The van der Waals surface area contributed by atoms with E-state index in [0.29, 0.717) is 19.3 Å². The van der Waals surface area contributed by atoms with Gasteiger partial charge in [0, 0.05) is 16.9 Å². The Morgan fingerprint density at radius 3 is 2.45 bits per heavy atom. The lowest BCUT2D eigenvalue weighted by Crippen LogP contribution is -2.21. The van der Waals surface area contributed by atoms with Crippen molar-refractivity contribution in [3.05, 3.63) is 35.3 Å². The third kappa shape index (κ3) is 6.27. The highest BCUT2D eigenvalue weighted by atomic mass is 127. The summed E-state index contributed by atoms with van der Waals surface area (Å²) in [4.78, 5) is 16.1. The maximum Gasteiger partial charge on any atom is 0.433 e. The van der Waals surface area contributed by atoms with Crippen LogP contribution in [0.15, 0.2) is 12.1 Å². The summed E-state index contributed by atoms with van der Waals surface area (Å²) in [5, 5.41) is 3.22. The number of alkyl halides is 4. The van der Waals surface area contributed by atoms with Gasteiger partial charge >= 0.3 is 6.18 Å². The number of fused-ring (bicyclic) bond motifs is 1. The van der Waals surface area contributed by atoms with Gasteiger partial charge in [-0.05, 0) is 39.7 Å². The lowest BCUT2D eigenvalue weighted by atomic mass is 10.1. The number of nitrogens with zero attached hydrogens (tertiary/aromatic N) is 4. The zero-order valence-electron chi connectivity index (χ0n) is 21.1. The molecule has 206 valence electrons. The Hall–Kier alpha value is -2.75. The molecule has 1 saturated carbocycles. The summed E-state index contributed by atoms with van der Waals surface area (Å²) in [6, 6.07) is 1.34. The normalized spacial score (nSPS) is 16.2. The van der Waals surface area contributed by atoms with Gasteiger partial charge in [0.15, 0.2) is 23.1 Å². The molecule has 38 heavy (non-hydrogen) atoms. The van der Waals surface area contributed by atoms with Gasteiger partial charge in [-0.3, -0.25) is 0 Å². The van der Waals surface area contributed by atoms with E-state index in [0.717, 1.165) is 12.8 Å². The van der Waals surface area contributed by atoms with E-state index in [1.54, 1.807) is 19.9 Å². The van der Waals surface area contributed by atoms with E-state index >= 15 is 4.39 Å². The highest BCUT2D eigenvalue weighted by Gasteiger charge is 2.44. The Labute approximate surface area is 230 Å². The minimum Gasteiger partial charge on any atom is -0.490 e. The second kappa shape index (κ2) is 10.8. The van der Waals surface area contributed by atoms with Crippen LogP contribution in [-0.4, -0.2) is 44.4 Å². The van der Waals surface area contributed by atoms with Crippen molar-refractivity contribution in [3.8, 4) is 11.5 Å². The molecule has 0 amide bonds. The largest absolute Gasteiger partial charge is 0.490 e. The molecular formula is C24H27F4IN6O3. The zero-order valence-corrected chi connectivity index (χ0v) is 23.3. The molecule has 2 heterocycles. The monoisotopic (exact) mass is 650 g/mol. The van der Waals surface area contributed by atoms with Crippen LogP contribution in [0, 0.1) is 18.2 Å². The molecule has 0 spiro atoms. The number of nitrogens with two attached hydrogens (primary N) is 1. The number of hydrogen-bond acceptors (Lipinski definition) is 9. The van der Waals surface area contributed by atoms with Crippen LogP contribution >= 0.6 is 22.6 Å². The molecule has 0 saturated heterocycles. The highest BCUT2D eigenvalue weighted by molar-refractivity contribution is 14.1. The van der Waals surface area contributed by atoms with Gasteiger partial charge in [-0.15, -0.1) is 0 Å². The number of rotatable bonds is 10. The van der Waals surface area contributed by atoms with Crippen molar-refractivity contribution >= 4 is 45.1 Å². The summed E-state index contributed by atoms with van der Waals surface area (Å²) in [6.07, 6.45) is -2.86. The molecular weight excluding hydrogens is 623 g/mol. The number of aromatic nitrogens is 4. The van der Waals surface area contributed by atoms with Crippen molar-refractivity contribution in [1.29, 1.82) is 0 Å². The molecule has 0 bridgehead atoms. The molecule has 3 aromatic rings. The third-order valence-electron chi connectivity index (χ3n) is 6.07. The maximum absolute atomic E-state index is 15.6. The minimum absolute atomic E-state index is 0.0379. The number of nitrogen functional groups attached to an aromatic ring is 1. The van der Waals surface area contributed by atoms with E-state index in [2.05, 4.69) is 47.8 Å². The summed E-state index contributed by atoms with van der Waals surface area (Å²) in [5.74, 6) is -0.852. The Morgan fingerprint density at radius 1 is 1.13 bits per heavy atom. The zero-order chi connectivity index (χ0) is 27.8. The van der Waals surface area contributed by atoms with E-state index in [1.165, 1.54) is 7.11 Å². The summed E-state index contributed by atoms with van der Waals surface area (Å²) >= 11 is 2.18. The molecule has 0 aliphatic heterocycles. The standard InChI is InChI=1S/C24H27F4IN6O3/c1-11(21-34-16(24(26,27)28)8-17(30)35-21)31-22-14-7-15(38-10-23(5-6-23)9-37-12(2)29)20(36-4)18(25)19(14)32-13(3)33-22/h7-8,11-12H,5-6,9-10H2,1-4H3,(H2,30,34,35)(H,31,32,33)/t11-,12-/m1/s1. The SMILES string of the molecule is COc1c(OCC2(CO[C@H](C)I)CC2)cc2c(N[C@H](C)c3nc(N)cc(C(F)(F)F)n3)nc(C)nc2c1F. The first kappa shape index (κ1) is 28.3. The predicted octanol–water partition coefficient (Wildman–Crippen LogP) is 5.61. The molecule has 3 N–H and O–H groups in total. The fourth-order valence-electron chi connectivity index (χ4n) is 3.83. The molecule has 0 unspecified atom stereocenters. The number of ether oxygens (including phenoxy) is 3. The molecule has 1 aliphatic carbocycles. The first-order chi connectivity index (χ1) is 17.8. The highest BCUT2D eigenvalue weighted by Crippen LogP contribution is 2.48. The third-order valence-corrected chi connectivity index (χ3v) is 6.43. The first-order valence-corrected chi connectivity index (χ1v) is 13.0. The van der Waals surface area contributed by atoms with E-state index < -0.39 is 23.7 Å². The van der Waals surface area contributed by atoms with Crippen molar-refractivity contribution in [1.82, 2.24) is 19.9 Å². The van der Waals surface area contributed by atoms with E-state index in [9.17, 15) is 13.2 Å². The minimum atomic E-state index is -4.70. The average Bonchev–Trinajstić information content (AvgIpc) is 3.61. The molecule has 1 aliphatic rings. The Kier molecular flexibility index (Phi) is 8.02. The van der Waals surface area contributed by atoms with Gasteiger partial charge in [-0.1, -0.05) is 22.6 Å². The summed E-state index contributed by atoms with van der Waals surface area (Å²) < 4.78 is 72.4. The van der Waals surface area contributed by atoms with Crippen molar-refractivity contribution in [2.45, 2.75) is 49.9 Å². The summed E-state index contributed by atoms with van der Waals surface area (Å²) in [7, 11) is 1.33. The van der Waals surface area contributed by atoms with Crippen molar-refractivity contribution in [2.75, 3.05) is 31.4 Å². The molecule has 14 heteroatoms. The van der Waals surface area contributed by atoms with Gasteiger partial charge < -0.3 is 25.3 Å². The fraction of sp³-hybridized carbons (Fsp3) is 0.500. The Balaban J connectivity index is 1.68. The van der Waals surface area contributed by atoms with Gasteiger partial charge in [0.05, 0.1) is 26.4 Å². The molecule has 4 rings (SSSR count). The smallest absolute Gasteiger partial charge is 0.433 e. The second-order valence-electron chi connectivity index (χ2n) is 9.28. The van der Waals surface area contributed by atoms with Crippen LogP contribution in [0.25, 0.3) is 10.9 Å². The van der Waals surface area contributed by atoms with E-state index in [4.69, 9.17) is 19.9 Å². The van der Waals surface area contributed by atoms with Crippen LogP contribution in [0.2, 0.25) is 0 Å². The number of aryl methyl sites for hydroxylation is 1. The van der Waals surface area contributed by atoms with Crippen molar-refractivity contribution in [2.24, 2.45) is 5.41 Å². The average molecular weight is 650 g/mol. The van der Waals surface area contributed by atoms with Crippen LogP contribution in [0.3, 0.4) is 0 Å².